The highest BCUT2D eigenvalue weighted by Gasteiger charge is 2.27. The van der Waals surface area contributed by atoms with Crippen LogP contribution >= 0.6 is 0 Å². The van der Waals surface area contributed by atoms with Gasteiger partial charge in [-0.15, -0.1) is 0 Å². The van der Waals surface area contributed by atoms with E-state index >= 15 is 0 Å². The topological polar surface area (TPSA) is 72.0 Å². The average molecular weight is 394 g/mol. The second kappa shape index (κ2) is 11.5. The van der Waals surface area contributed by atoms with Gasteiger partial charge < -0.3 is 20.1 Å². The lowest BCUT2D eigenvalue weighted by molar-refractivity contribution is -0.149. The van der Waals surface area contributed by atoms with Gasteiger partial charge in [0.25, 0.3) is 0 Å². The Morgan fingerprint density at radius 3 is 2.54 bits per heavy atom. The van der Waals surface area contributed by atoms with Crippen LogP contribution in [0.4, 0.5) is 4.39 Å². The zero-order chi connectivity index (χ0) is 20.4. The molecule has 1 aromatic carbocycles. The van der Waals surface area contributed by atoms with Crippen LogP contribution < -0.4 is 15.4 Å². The van der Waals surface area contributed by atoms with Crippen LogP contribution in [0.15, 0.2) is 23.2 Å². The van der Waals surface area contributed by atoms with E-state index in [1.54, 1.807) is 6.07 Å². The lowest BCUT2D eigenvalue weighted by atomic mass is 9.86. The van der Waals surface area contributed by atoms with Gasteiger partial charge in [0.1, 0.15) is 0 Å². The number of halogens is 1. The van der Waals surface area contributed by atoms with E-state index in [4.69, 9.17) is 9.47 Å². The monoisotopic (exact) mass is 393 g/mol. The molecule has 0 aromatic heterocycles. The highest BCUT2D eigenvalue weighted by atomic mass is 19.1. The molecule has 0 spiro atoms. The molecule has 156 valence electrons. The average Bonchev–Trinajstić information content (AvgIpc) is 2.69. The molecule has 1 aromatic rings. The third-order valence-corrected chi connectivity index (χ3v) is 4.75. The highest BCUT2D eigenvalue weighted by molar-refractivity contribution is 5.80. The van der Waals surface area contributed by atoms with Gasteiger partial charge in [0.15, 0.2) is 17.5 Å². The van der Waals surface area contributed by atoms with Crippen LogP contribution in [0.3, 0.4) is 0 Å². The maximum atomic E-state index is 14.0. The molecular weight excluding hydrogens is 361 g/mol. The number of hydrogen-bond acceptors (Lipinski definition) is 4. The van der Waals surface area contributed by atoms with Crippen LogP contribution in [0, 0.1) is 11.7 Å². The molecule has 0 bridgehead atoms. The Kier molecular flexibility index (Phi) is 9.04. The fourth-order valence-corrected chi connectivity index (χ4v) is 3.33. The van der Waals surface area contributed by atoms with E-state index in [2.05, 4.69) is 15.6 Å². The van der Waals surface area contributed by atoms with E-state index in [1.807, 2.05) is 26.8 Å². The summed E-state index contributed by atoms with van der Waals surface area (Å²) in [6.45, 7) is 7.64. The van der Waals surface area contributed by atoms with Gasteiger partial charge in [0.2, 0.25) is 0 Å². The minimum Gasteiger partial charge on any atom is -0.491 e. The quantitative estimate of drug-likeness (QED) is 0.402. The first-order chi connectivity index (χ1) is 13.6. The van der Waals surface area contributed by atoms with Crippen molar-refractivity contribution in [2.75, 3.05) is 19.8 Å². The Labute approximate surface area is 166 Å². The predicted octanol–water partition coefficient (Wildman–Crippen LogP) is 3.40. The van der Waals surface area contributed by atoms with Crippen molar-refractivity contribution in [1.29, 1.82) is 0 Å². The first-order valence-corrected chi connectivity index (χ1v) is 10.2. The molecule has 0 heterocycles. The van der Waals surface area contributed by atoms with Crippen LogP contribution in [0.2, 0.25) is 0 Å². The summed E-state index contributed by atoms with van der Waals surface area (Å²) in [5.74, 6) is 0.517. The van der Waals surface area contributed by atoms with E-state index in [0.29, 0.717) is 25.7 Å². The third kappa shape index (κ3) is 6.69. The van der Waals surface area contributed by atoms with Crippen molar-refractivity contribution in [3.63, 3.8) is 0 Å². The molecule has 6 nitrogen and oxygen atoms in total. The van der Waals surface area contributed by atoms with Gasteiger partial charge in [-0.3, -0.25) is 4.79 Å². The number of guanidine groups is 1. The SMILES string of the molecule is CCNC(=NCc1ccc(OCC)c(F)c1)NC1CCC(C(=O)OCC)CC1. The Morgan fingerprint density at radius 1 is 1.18 bits per heavy atom. The van der Waals surface area contributed by atoms with E-state index in [-0.39, 0.29) is 29.5 Å². The first kappa shape index (κ1) is 22.0. The van der Waals surface area contributed by atoms with Crippen LogP contribution in [-0.2, 0) is 16.1 Å². The number of aliphatic imine (C=N–C) groups is 1. The smallest absolute Gasteiger partial charge is 0.308 e. The molecule has 1 aliphatic carbocycles. The number of ether oxygens (including phenoxy) is 2. The van der Waals surface area contributed by atoms with Gasteiger partial charge in [-0.1, -0.05) is 6.07 Å². The Bertz CT molecular complexity index is 658. The molecule has 0 saturated heterocycles. The molecule has 28 heavy (non-hydrogen) atoms. The fraction of sp³-hybridized carbons (Fsp3) is 0.619. The molecular formula is C21H32FN3O3. The van der Waals surface area contributed by atoms with Gasteiger partial charge >= 0.3 is 5.97 Å². The molecule has 0 amide bonds. The zero-order valence-corrected chi connectivity index (χ0v) is 17.1. The highest BCUT2D eigenvalue weighted by Crippen LogP contribution is 2.25. The molecule has 1 saturated carbocycles. The standard InChI is InChI=1S/C21H32FN3O3/c1-4-23-21(24-14-15-7-12-19(27-5-2)18(22)13-15)25-17-10-8-16(9-11-17)20(26)28-6-3/h7,12-13,16-17H,4-6,8-11,14H2,1-3H3,(H2,23,24,25). The Hall–Kier alpha value is -2.31. The largest absolute Gasteiger partial charge is 0.491 e. The summed E-state index contributed by atoms with van der Waals surface area (Å²) in [7, 11) is 0. The molecule has 2 rings (SSSR count). The maximum absolute atomic E-state index is 14.0. The van der Waals surface area contributed by atoms with E-state index in [1.165, 1.54) is 6.07 Å². The molecule has 1 aliphatic rings. The maximum Gasteiger partial charge on any atom is 0.308 e. The molecule has 0 unspecified atom stereocenters. The van der Waals surface area contributed by atoms with Crippen molar-refractivity contribution in [2.45, 2.75) is 59.0 Å². The van der Waals surface area contributed by atoms with Crippen molar-refractivity contribution >= 4 is 11.9 Å². The summed E-state index contributed by atoms with van der Waals surface area (Å²) in [5, 5.41) is 6.66. The predicted molar refractivity (Wildman–Crippen MR) is 108 cm³/mol. The number of carbonyl (C=O) groups excluding carboxylic acids is 1. The zero-order valence-electron chi connectivity index (χ0n) is 17.1. The Balaban J connectivity index is 1.91. The number of nitrogens with zero attached hydrogens (tertiary/aromatic N) is 1. The number of benzene rings is 1. The second-order valence-corrected chi connectivity index (χ2v) is 6.84. The van der Waals surface area contributed by atoms with Crippen LogP contribution in [0.1, 0.15) is 52.0 Å². The molecule has 0 radical (unpaired) electrons. The summed E-state index contributed by atoms with van der Waals surface area (Å²) in [5.41, 5.74) is 0.782. The molecule has 0 aliphatic heterocycles. The molecule has 1 fully saturated rings. The lowest BCUT2D eigenvalue weighted by Crippen LogP contribution is -2.45. The van der Waals surface area contributed by atoms with Gasteiger partial charge in [-0.05, 0) is 64.2 Å². The summed E-state index contributed by atoms with van der Waals surface area (Å²) >= 11 is 0. The number of carbonyl (C=O) groups is 1. The minimum absolute atomic E-state index is 0.00403. The van der Waals surface area contributed by atoms with Crippen LogP contribution in [0.5, 0.6) is 5.75 Å². The normalized spacial score (nSPS) is 19.8. The summed E-state index contributed by atoms with van der Waals surface area (Å²) < 4.78 is 24.3. The van der Waals surface area contributed by atoms with Gasteiger partial charge in [0, 0.05) is 12.6 Å². The summed E-state index contributed by atoms with van der Waals surface area (Å²) in [4.78, 5) is 16.4. The first-order valence-electron chi connectivity index (χ1n) is 10.2. The van der Waals surface area contributed by atoms with Gasteiger partial charge in [0.05, 0.1) is 25.7 Å². The fourth-order valence-electron chi connectivity index (χ4n) is 3.33. The number of hydrogen-bond donors (Lipinski definition) is 2. The van der Waals surface area contributed by atoms with Crippen molar-refractivity contribution in [3.8, 4) is 5.75 Å². The van der Waals surface area contributed by atoms with Crippen LogP contribution in [-0.4, -0.2) is 37.7 Å². The van der Waals surface area contributed by atoms with Crippen molar-refractivity contribution < 1.29 is 18.7 Å². The summed E-state index contributed by atoms with van der Waals surface area (Å²) in [6.07, 6.45) is 3.43. The van der Waals surface area contributed by atoms with Crippen LogP contribution in [0.25, 0.3) is 0 Å². The Morgan fingerprint density at radius 2 is 1.93 bits per heavy atom. The van der Waals surface area contributed by atoms with Crippen molar-refractivity contribution in [2.24, 2.45) is 10.9 Å². The number of rotatable bonds is 8. The molecule has 0 atom stereocenters. The van der Waals surface area contributed by atoms with E-state index in [0.717, 1.165) is 37.8 Å². The summed E-state index contributed by atoms with van der Waals surface area (Å²) in [6, 6.07) is 5.19. The second-order valence-electron chi connectivity index (χ2n) is 6.84. The molecule has 2 N–H and O–H groups in total. The van der Waals surface area contributed by atoms with Crippen molar-refractivity contribution in [3.05, 3.63) is 29.6 Å². The third-order valence-electron chi connectivity index (χ3n) is 4.75. The van der Waals surface area contributed by atoms with Gasteiger partial charge in [-0.25, -0.2) is 9.38 Å². The van der Waals surface area contributed by atoms with E-state index < -0.39 is 0 Å². The van der Waals surface area contributed by atoms with Gasteiger partial charge in [-0.2, -0.15) is 0 Å². The molecule has 7 heteroatoms. The number of esters is 1. The minimum atomic E-state index is -0.371. The van der Waals surface area contributed by atoms with E-state index in [9.17, 15) is 9.18 Å². The number of nitrogens with one attached hydrogen (secondary N) is 2. The lowest BCUT2D eigenvalue weighted by Gasteiger charge is -2.29. The van der Waals surface area contributed by atoms with Crippen molar-refractivity contribution in [1.82, 2.24) is 10.6 Å².